The first-order chi connectivity index (χ1) is 14.2. The van der Waals surface area contributed by atoms with Crippen LogP contribution in [0.3, 0.4) is 0 Å². The Morgan fingerprint density at radius 2 is 1.97 bits per heavy atom. The van der Waals surface area contributed by atoms with Crippen molar-refractivity contribution < 1.29 is 4.79 Å². The number of nitrogens with one attached hydrogen (secondary N) is 2. The summed E-state index contributed by atoms with van der Waals surface area (Å²) in [5.41, 5.74) is 4.90. The second-order valence-electron chi connectivity index (χ2n) is 7.25. The lowest BCUT2D eigenvalue weighted by atomic mass is 9.98. The van der Waals surface area contributed by atoms with Crippen molar-refractivity contribution >= 4 is 22.5 Å². The third-order valence-corrected chi connectivity index (χ3v) is 5.20. The molecule has 5 rings (SSSR count). The summed E-state index contributed by atoms with van der Waals surface area (Å²) in [4.78, 5) is 21.6. The van der Waals surface area contributed by atoms with Crippen LogP contribution >= 0.6 is 0 Å². The van der Waals surface area contributed by atoms with Crippen molar-refractivity contribution in [1.82, 2.24) is 25.1 Å². The highest BCUT2D eigenvalue weighted by molar-refractivity contribution is 6.04. The SMILES string of the molecule is Cn1cc(-c2cc3cc(NC(=O)c4ccc5c(c4)CNCC5)ncc3cn2)cn1. The van der Waals surface area contributed by atoms with Gasteiger partial charge in [0.05, 0.1) is 11.9 Å². The van der Waals surface area contributed by atoms with E-state index in [1.807, 2.05) is 43.6 Å². The molecule has 3 aromatic heterocycles. The van der Waals surface area contributed by atoms with E-state index in [2.05, 4.69) is 25.7 Å². The number of amides is 1. The highest BCUT2D eigenvalue weighted by Gasteiger charge is 2.13. The molecule has 0 bridgehead atoms. The Morgan fingerprint density at radius 1 is 1.07 bits per heavy atom. The summed E-state index contributed by atoms with van der Waals surface area (Å²) in [7, 11) is 1.87. The van der Waals surface area contributed by atoms with Crippen LogP contribution in [0, 0.1) is 0 Å². The van der Waals surface area contributed by atoms with Crippen molar-refractivity contribution in [2.24, 2.45) is 7.05 Å². The Bertz CT molecular complexity index is 1230. The predicted molar refractivity (Wildman–Crippen MR) is 112 cm³/mol. The highest BCUT2D eigenvalue weighted by atomic mass is 16.1. The molecule has 0 saturated carbocycles. The Balaban J connectivity index is 1.42. The normalized spacial score (nSPS) is 13.3. The summed E-state index contributed by atoms with van der Waals surface area (Å²) in [6.07, 6.45) is 8.21. The van der Waals surface area contributed by atoms with Gasteiger partial charge >= 0.3 is 0 Å². The molecule has 0 spiro atoms. The largest absolute Gasteiger partial charge is 0.312 e. The van der Waals surface area contributed by atoms with E-state index in [0.29, 0.717) is 11.4 Å². The van der Waals surface area contributed by atoms with Crippen molar-refractivity contribution in [3.8, 4) is 11.3 Å². The third kappa shape index (κ3) is 3.48. The number of rotatable bonds is 3. The molecule has 4 heterocycles. The maximum absolute atomic E-state index is 12.7. The van der Waals surface area contributed by atoms with Crippen LogP contribution in [0.1, 0.15) is 21.5 Å². The maximum atomic E-state index is 12.7. The van der Waals surface area contributed by atoms with Gasteiger partial charge in [-0.05, 0) is 53.7 Å². The molecule has 0 unspecified atom stereocenters. The van der Waals surface area contributed by atoms with Crippen LogP contribution in [0.5, 0.6) is 0 Å². The fourth-order valence-corrected chi connectivity index (χ4v) is 3.63. The van der Waals surface area contributed by atoms with Gasteiger partial charge in [0, 0.05) is 48.7 Å². The quantitative estimate of drug-likeness (QED) is 0.567. The van der Waals surface area contributed by atoms with E-state index in [1.165, 1.54) is 11.1 Å². The first-order valence-corrected chi connectivity index (χ1v) is 9.54. The van der Waals surface area contributed by atoms with Crippen LogP contribution in [-0.4, -0.2) is 32.2 Å². The molecule has 0 aliphatic carbocycles. The molecule has 1 amide bonds. The van der Waals surface area contributed by atoms with E-state index < -0.39 is 0 Å². The molecule has 0 saturated heterocycles. The molecule has 0 radical (unpaired) electrons. The number of anilines is 1. The van der Waals surface area contributed by atoms with Crippen LogP contribution in [0.15, 0.2) is 55.1 Å². The van der Waals surface area contributed by atoms with E-state index >= 15 is 0 Å². The van der Waals surface area contributed by atoms with Gasteiger partial charge in [0.1, 0.15) is 5.82 Å². The summed E-state index contributed by atoms with van der Waals surface area (Å²) in [6.45, 7) is 1.78. The fraction of sp³-hybridized carbons (Fsp3) is 0.182. The van der Waals surface area contributed by atoms with Crippen LogP contribution in [0.25, 0.3) is 22.0 Å². The van der Waals surface area contributed by atoms with E-state index in [1.54, 1.807) is 23.3 Å². The minimum atomic E-state index is -0.160. The number of benzene rings is 1. The number of pyridine rings is 2. The summed E-state index contributed by atoms with van der Waals surface area (Å²) in [5, 5.41) is 12.3. The number of hydrogen-bond acceptors (Lipinski definition) is 5. The molecule has 1 aromatic carbocycles. The molecule has 0 fully saturated rings. The standard InChI is InChI=1S/C22H20N6O/c1-28-13-19(12-26-28)20-7-16-8-21(25-11-18(16)10-24-20)27-22(29)15-3-2-14-4-5-23-9-17(14)6-15/h2-3,6-8,10-13,23H,4-5,9H2,1H3,(H,25,27,29). The van der Waals surface area contributed by atoms with Crippen molar-refractivity contribution in [1.29, 1.82) is 0 Å². The Kier molecular flexibility index (Phi) is 4.29. The lowest BCUT2D eigenvalue weighted by molar-refractivity contribution is 0.102. The number of carbonyl (C=O) groups excluding carboxylic acids is 1. The first-order valence-electron chi connectivity index (χ1n) is 9.54. The van der Waals surface area contributed by atoms with Crippen LogP contribution in [-0.2, 0) is 20.0 Å². The minimum absolute atomic E-state index is 0.160. The van der Waals surface area contributed by atoms with Gasteiger partial charge in [0.15, 0.2) is 0 Å². The molecule has 7 nitrogen and oxygen atoms in total. The van der Waals surface area contributed by atoms with Gasteiger partial charge in [0.25, 0.3) is 5.91 Å². The monoisotopic (exact) mass is 384 g/mol. The number of aromatic nitrogens is 4. The van der Waals surface area contributed by atoms with Gasteiger partial charge in [0.2, 0.25) is 0 Å². The van der Waals surface area contributed by atoms with Crippen LogP contribution in [0.4, 0.5) is 5.82 Å². The molecular weight excluding hydrogens is 364 g/mol. The average molecular weight is 384 g/mol. The smallest absolute Gasteiger partial charge is 0.256 e. The summed E-state index contributed by atoms with van der Waals surface area (Å²) in [6, 6.07) is 9.74. The molecule has 7 heteroatoms. The van der Waals surface area contributed by atoms with Crippen LogP contribution < -0.4 is 10.6 Å². The Morgan fingerprint density at radius 3 is 2.83 bits per heavy atom. The molecule has 4 aromatic rings. The first kappa shape index (κ1) is 17.5. The van der Waals surface area contributed by atoms with E-state index in [0.717, 1.165) is 41.5 Å². The Labute approximate surface area is 167 Å². The second-order valence-corrected chi connectivity index (χ2v) is 7.25. The highest BCUT2D eigenvalue weighted by Crippen LogP contribution is 2.23. The zero-order valence-electron chi connectivity index (χ0n) is 16.0. The number of hydrogen-bond donors (Lipinski definition) is 2. The lowest BCUT2D eigenvalue weighted by Crippen LogP contribution is -2.24. The summed E-state index contributed by atoms with van der Waals surface area (Å²) >= 11 is 0. The van der Waals surface area contributed by atoms with E-state index in [-0.39, 0.29) is 5.91 Å². The number of fused-ring (bicyclic) bond motifs is 2. The lowest BCUT2D eigenvalue weighted by Gasteiger charge is -2.17. The fourth-order valence-electron chi connectivity index (χ4n) is 3.63. The Hall–Kier alpha value is -3.58. The molecule has 29 heavy (non-hydrogen) atoms. The molecule has 1 aliphatic heterocycles. The van der Waals surface area contributed by atoms with E-state index in [9.17, 15) is 4.79 Å². The van der Waals surface area contributed by atoms with E-state index in [4.69, 9.17) is 0 Å². The molecule has 2 N–H and O–H groups in total. The van der Waals surface area contributed by atoms with Gasteiger partial charge in [-0.2, -0.15) is 5.10 Å². The third-order valence-electron chi connectivity index (χ3n) is 5.20. The zero-order valence-corrected chi connectivity index (χ0v) is 16.0. The second kappa shape index (κ2) is 7.10. The summed E-state index contributed by atoms with van der Waals surface area (Å²) in [5.74, 6) is 0.355. The van der Waals surface area contributed by atoms with Gasteiger partial charge in [-0.3, -0.25) is 14.5 Å². The van der Waals surface area contributed by atoms with Gasteiger partial charge in [-0.1, -0.05) is 6.07 Å². The number of carbonyl (C=O) groups is 1. The van der Waals surface area contributed by atoms with Crippen molar-refractivity contribution in [3.63, 3.8) is 0 Å². The zero-order chi connectivity index (χ0) is 19.8. The van der Waals surface area contributed by atoms with Crippen molar-refractivity contribution in [2.45, 2.75) is 13.0 Å². The van der Waals surface area contributed by atoms with Gasteiger partial charge < -0.3 is 10.6 Å². The van der Waals surface area contributed by atoms with Gasteiger partial charge in [-0.15, -0.1) is 0 Å². The van der Waals surface area contributed by atoms with Crippen molar-refractivity contribution in [3.05, 3.63) is 71.8 Å². The van der Waals surface area contributed by atoms with Crippen molar-refractivity contribution in [2.75, 3.05) is 11.9 Å². The summed E-state index contributed by atoms with van der Waals surface area (Å²) < 4.78 is 1.74. The maximum Gasteiger partial charge on any atom is 0.256 e. The van der Waals surface area contributed by atoms with Gasteiger partial charge in [-0.25, -0.2) is 4.98 Å². The number of nitrogens with zero attached hydrogens (tertiary/aromatic N) is 4. The minimum Gasteiger partial charge on any atom is -0.312 e. The molecule has 0 atom stereocenters. The number of aryl methyl sites for hydroxylation is 1. The predicted octanol–water partition coefficient (Wildman–Crippen LogP) is 2.93. The molecule has 1 aliphatic rings. The average Bonchev–Trinajstić information content (AvgIpc) is 3.19. The molecule has 144 valence electrons. The topological polar surface area (TPSA) is 84.7 Å². The molecular formula is C22H20N6O. The van der Waals surface area contributed by atoms with Crippen LogP contribution in [0.2, 0.25) is 0 Å².